The highest BCUT2D eigenvalue weighted by atomic mass is 32.2. The van der Waals surface area contributed by atoms with Crippen molar-refractivity contribution < 1.29 is 13.2 Å². The number of carbonyl (C=O) groups is 1. The summed E-state index contributed by atoms with van der Waals surface area (Å²) in [5.41, 5.74) is 1.37. The highest BCUT2D eigenvalue weighted by molar-refractivity contribution is 7.89. The largest absolute Gasteiger partial charge is 0.372 e. The zero-order valence-corrected chi connectivity index (χ0v) is 14.8. The van der Waals surface area contributed by atoms with Crippen molar-refractivity contribution in [3.05, 3.63) is 11.3 Å². The molecule has 1 aliphatic carbocycles. The number of amides is 1. The summed E-state index contributed by atoms with van der Waals surface area (Å²) in [5, 5.41) is 9.35. The number of hydrogen-bond donors (Lipinski definition) is 2. The third-order valence-corrected chi connectivity index (χ3v) is 6.07. The number of nitrogens with one attached hydrogen (secondary N) is 1. The second-order valence-electron chi connectivity index (χ2n) is 6.48. The van der Waals surface area contributed by atoms with Crippen LogP contribution in [0, 0.1) is 12.8 Å². The Hall–Kier alpha value is -1.19. The third kappa shape index (κ3) is 4.21. The number of primary sulfonamides is 1. The van der Waals surface area contributed by atoms with Gasteiger partial charge in [0.15, 0.2) is 0 Å². The number of rotatable bonds is 5. The fraction of sp³-hybridized carbons (Fsp3) is 0.714. The number of hydrogen-bond acceptors (Lipinski definition) is 6. The van der Waals surface area contributed by atoms with E-state index in [0.717, 1.165) is 36.4 Å². The van der Waals surface area contributed by atoms with Gasteiger partial charge in [0.05, 0.1) is 17.0 Å². The van der Waals surface area contributed by atoms with Crippen LogP contribution in [0.3, 0.4) is 0 Å². The van der Waals surface area contributed by atoms with Crippen molar-refractivity contribution in [3.8, 4) is 0 Å². The van der Waals surface area contributed by atoms with Gasteiger partial charge in [-0.3, -0.25) is 4.79 Å². The van der Waals surface area contributed by atoms with Crippen LogP contribution in [0.25, 0.3) is 0 Å². The molecule has 23 heavy (non-hydrogen) atoms. The molecular formula is C14H22N4O3S2. The number of anilines is 1. The molecule has 3 rings (SSSR count). The fourth-order valence-corrected chi connectivity index (χ4v) is 4.80. The topological polar surface area (TPSA) is 105 Å². The number of nitrogens with two attached hydrogens (primary N) is 1. The molecule has 2 fully saturated rings. The van der Waals surface area contributed by atoms with Crippen molar-refractivity contribution in [3.63, 3.8) is 0 Å². The highest BCUT2D eigenvalue weighted by Crippen LogP contribution is 2.32. The van der Waals surface area contributed by atoms with Crippen LogP contribution in [0.5, 0.6) is 0 Å². The maximum Gasteiger partial charge on any atom is 0.258 e. The second-order valence-corrected chi connectivity index (χ2v) is 8.91. The summed E-state index contributed by atoms with van der Waals surface area (Å²) in [6.45, 7) is 2.93. The van der Waals surface area contributed by atoms with Crippen LogP contribution in [-0.4, -0.2) is 48.5 Å². The SMILES string of the molecule is Cc1nsc(NC2CC2)c1C(=O)N1CCCC(CS(N)(=O)=O)C1. The summed E-state index contributed by atoms with van der Waals surface area (Å²) in [4.78, 5) is 14.6. The lowest BCUT2D eigenvalue weighted by Gasteiger charge is -2.32. The lowest BCUT2D eigenvalue weighted by molar-refractivity contribution is 0.0684. The number of aryl methyl sites for hydroxylation is 1. The van der Waals surface area contributed by atoms with Gasteiger partial charge in [0, 0.05) is 19.1 Å². The Labute approximate surface area is 140 Å². The predicted molar refractivity (Wildman–Crippen MR) is 90.1 cm³/mol. The van der Waals surface area contributed by atoms with E-state index in [0.29, 0.717) is 24.7 Å². The molecule has 0 radical (unpaired) electrons. The molecular weight excluding hydrogens is 336 g/mol. The smallest absolute Gasteiger partial charge is 0.258 e. The molecule has 1 saturated heterocycles. The lowest BCUT2D eigenvalue weighted by atomic mass is 9.99. The van der Waals surface area contributed by atoms with E-state index in [1.54, 1.807) is 4.90 Å². The molecule has 1 saturated carbocycles. The number of likely N-dealkylation sites (tertiary alicyclic amines) is 1. The summed E-state index contributed by atoms with van der Waals surface area (Å²) in [6.07, 6.45) is 3.84. The molecule has 0 aromatic carbocycles. The van der Waals surface area contributed by atoms with Crippen LogP contribution >= 0.6 is 11.5 Å². The first-order chi connectivity index (χ1) is 10.8. The zero-order chi connectivity index (χ0) is 16.6. The maximum atomic E-state index is 12.9. The lowest BCUT2D eigenvalue weighted by Crippen LogP contribution is -2.42. The van der Waals surface area contributed by atoms with Gasteiger partial charge in [-0.2, -0.15) is 4.37 Å². The monoisotopic (exact) mass is 358 g/mol. The van der Waals surface area contributed by atoms with Crippen LogP contribution in [0.1, 0.15) is 41.7 Å². The number of piperidine rings is 1. The molecule has 7 nitrogen and oxygen atoms in total. The van der Waals surface area contributed by atoms with Crippen molar-refractivity contribution in [2.75, 3.05) is 24.2 Å². The van der Waals surface area contributed by atoms with E-state index in [2.05, 4.69) is 9.69 Å². The molecule has 2 heterocycles. The van der Waals surface area contributed by atoms with Crippen molar-refractivity contribution in [1.82, 2.24) is 9.27 Å². The Morgan fingerprint density at radius 2 is 2.17 bits per heavy atom. The average molecular weight is 358 g/mol. The van der Waals surface area contributed by atoms with E-state index in [-0.39, 0.29) is 17.6 Å². The Kier molecular flexibility index (Phi) is 4.61. The second kappa shape index (κ2) is 6.37. The van der Waals surface area contributed by atoms with Crippen LogP contribution in [0.15, 0.2) is 0 Å². The van der Waals surface area contributed by atoms with E-state index in [9.17, 15) is 13.2 Å². The van der Waals surface area contributed by atoms with Gasteiger partial charge in [0.2, 0.25) is 10.0 Å². The zero-order valence-electron chi connectivity index (χ0n) is 13.1. The molecule has 0 bridgehead atoms. The Bertz CT molecular complexity index is 697. The first kappa shape index (κ1) is 16.7. The number of sulfonamides is 1. The summed E-state index contributed by atoms with van der Waals surface area (Å²) in [7, 11) is -3.51. The summed E-state index contributed by atoms with van der Waals surface area (Å²) in [5.74, 6) is -0.210. The third-order valence-electron chi connectivity index (χ3n) is 4.26. The van der Waals surface area contributed by atoms with Gasteiger partial charge in [0.1, 0.15) is 5.00 Å². The Morgan fingerprint density at radius 3 is 2.83 bits per heavy atom. The molecule has 1 amide bonds. The molecule has 1 unspecified atom stereocenters. The van der Waals surface area contributed by atoms with Crippen LogP contribution in [0.4, 0.5) is 5.00 Å². The van der Waals surface area contributed by atoms with E-state index in [4.69, 9.17) is 5.14 Å². The molecule has 128 valence electrons. The standard InChI is InChI=1S/C14H22N4O3S2/c1-9-12(13(22-17-9)16-11-4-5-11)14(19)18-6-2-3-10(7-18)8-23(15,20)21/h10-11,16H,2-8H2,1H3,(H2,15,20,21). The summed E-state index contributed by atoms with van der Waals surface area (Å²) in [6, 6.07) is 0.456. The van der Waals surface area contributed by atoms with Gasteiger partial charge in [-0.25, -0.2) is 13.6 Å². The quantitative estimate of drug-likeness (QED) is 0.822. The van der Waals surface area contributed by atoms with Crippen LogP contribution in [-0.2, 0) is 10.0 Å². The minimum Gasteiger partial charge on any atom is -0.372 e. The normalized spacial score (nSPS) is 22.2. The summed E-state index contributed by atoms with van der Waals surface area (Å²) >= 11 is 1.32. The van der Waals surface area contributed by atoms with Gasteiger partial charge in [-0.15, -0.1) is 0 Å². The Morgan fingerprint density at radius 1 is 1.43 bits per heavy atom. The molecule has 2 aliphatic rings. The first-order valence-corrected chi connectivity index (χ1v) is 10.3. The minimum atomic E-state index is -3.51. The summed E-state index contributed by atoms with van der Waals surface area (Å²) < 4.78 is 26.9. The van der Waals surface area contributed by atoms with Crippen LogP contribution in [0.2, 0.25) is 0 Å². The van der Waals surface area contributed by atoms with Crippen molar-refractivity contribution in [2.45, 2.75) is 38.6 Å². The molecule has 1 aliphatic heterocycles. The molecule has 9 heteroatoms. The van der Waals surface area contributed by atoms with Gasteiger partial charge in [0.25, 0.3) is 5.91 Å². The van der Waals surface area contributed by atoms with E-state index >= 15 is 0 Å². The van der Waals surface area contributed by atoms with Crippen molar-refractivity contribution >= 4 is 32.5 Å². The van der Waals surface area contributed by atoms with Crippen molar-refractivity contribution in [2.24, 2.45) is 11.1 Å². The molecule has 1 aromatic rings. The maximum absolute atomic E-state index is 12.9. The Balaban J connectivity index is 1.73. The van der Waals surface area contributed by atoms with E-state index in [1.807, 2.05) is 6.92 Å². The minimum absolute atomic E-state index is 0.0569. The first-order valence-electron chi connectivity index (χ1n) is 7.86. The van der Waals surface area contributed by atoms with E-state index in [1.165, 1.54) is 11.5 Å². The molecule has 0 spiro atoms. The number of carbonyl (C=O) groups excluding carboxylic acids is 1. The highest BCUT2D eigenvalue weighted by Gasteiger charge is 2.31. The van der Waals surface area contributed by atoms with Crippen LogP contribution < -0.4 is 10.5 Å². The van der Waals surface area contributed by atoms with Gasteiger partial charge >= 0.3 is 0 Å². The number of aromatic nitrogens is 1. The molecule has 3 N–H and O–H groups in total. The number of nitrogens with zero attached hydrogens (tertiary/aromatic N) is 2. The van der Waals surface area contributed by atoms with Gasteiger partial charge in [-0.05, 0) is 50.1 Å². The van der Waals surface area contributed by atoms with Gasteiger partial charge < -0.3 is 10.2 Å². The van der Waals surface area contributed by atoms with Crippen molar-refractivity contribution in [1.29, 1.82) is 0 Å². The van der Waals surface area contributed by atoms with Gasteiger partial charge in [-0.1, -0.05) is 0 Å². The average Bonchev–Trinajstić information content (AvgIpc) is 3.20. The van der Waals surface area contributed by atoms with E-state index < -0.39 is 10.0 Å². The molecule has 1 aromatic heterocycles. The fourth-order valence-electron chi connectivity index (χ4n) is 3.01. The molecule has 1 atom stereocenters. The predicted octanol–water partition coefficient (Wildman–Crippen LogP) is 1.17.